The predicted octanol–water partition coefficient (Wildman–Crippen LogP) is 0.832. The van der Waals surface area contributed by atoms with Gasteiger partial charge in [-0.25, -0.2) is 4.98 Å². The first-order valence-electron chi connectivity index (χ1n) is 7.83. The van der Waals surface area contributed by atoms with E-state index in [-0.39, 0.29) is 5.91 Å². The number of rotatable bonds is 5. The Bertz CT molecular complexity index is 694. The summed E-state index contributed by atoms with van der Waals surface area (Å²) < 4.78 is 7.48. The van der Waals surface area contributed by atoms with Crippen LogP contribution < -0.4 is 5.32 Å². The van der Waals surface area contributed by atoms with Crippen LogP contribution in [-0.2, 0) is 23.4 Å². The molecular formula is C15H22N6O2. The highest BCUT2D eigenvalue weighted by Crippen LogP contribution is 2.32. The second kappa shape index (κ2) is 6.11. The molecule has 3 heterocycles. The monoisotopic (exact) mass is 318 g/mol. The number of aromatic nitrogens is 4. The third-order valence-corrected chi connectivity index (χ3v) is 4.23. The van der Waals surface area contributed by atoms with Gasteiger partial charge < -0.3 is 14.4 Å². The Labute approximate surface area is 134 Å². The summed E-state index contributed by atoms with van der Waals surface area (Å²) in [4.78, 5) is 22.5. The minimum absolute atomic E-state index is 0.0960. The molecular weight excluding hydrogens is 296 g/mol. The molecule has 0 aliphatic carbocycles. The molecule has 1 N–H and O–H groups in total. The zero-order valence-corrected chi connectivity index (χ0v) is 13.7. The first kappa shape index (κ1) is 15.7. The molecule has 0 spiro atoms. The summed E-state index contributed by atoms with van der Waals surface area (Å²) >= 11 is 0. The Morgan fingerprint density at radius 2 is 2.35 bits per heavy atom. The molecule has 2 aromatic heterocycles. The van der Waals surface area contributed by atoms with Crippen LogP contribution in [0.25, 0.3) is 0 Å². The van der Waals surface area contributed by atoms with Crippen LogP contribution in [0.15, 0.2) is 17.0 Å². The molecule has 8 heteroatoms. The van der Waals surface area contributed by atoms with Crippen LogP contribution in [0.4, 0.5) is 0 Å². The van der Waals surface area contributed by atoms with Gasteiger partial charge in [0.05, 0.1) is 12.0 Å². The van der Waals surface area contributed by atoms with Crippen molar-refractivity contribution in [1.82, 2.24) is 29.9 Å². The van der Waals surface area contributed by atoms with Crippen molar-refractivity contribution in [3.63, 3.8) is 0 Å². The molecule has 23 heavy (non-hydrogen) atoms. The summed E-state index contributed by atoms with van der Waals surface area (Å²) in [7, 11) is 0. The van der Waals surface area contributed by atoms with Gasteiger partial charge in [0.25, 0.3) is 5.89 Å². The lowest BCUT2D eigenvalue weighted by Crippen LogP contribution is -2.47. The molecule has 0 saturated carbocycles. The van der Waals surface area contributed by atoms with Gasteiger partial charge in [-0.2, -0.15) is 4.98 Å². The number of imidazole rings is 1. The quantitative estimate of drug-likeness (QED) is 0.878. The maximum Gasteiger partial charge on any atom is 0.253 e. The summed E-state index contributed by atoms with van der Waals surface area (Å²) in [6.07, 6.45) is 4.47. The Balaban J connectivity index is 1.79. The zero-order valence-electron chi connectivity index (χ0n) is 13.7. The molecule has 1 saturated heterocycles. The predicted molar refractivity (Wildman–Crippen MR) is 82.3 cm³/mol. The van der Waals surface area contributed by atoms with E-state index in [1.54, 1.807) is 6.92 Å². The molecule has 1 aliphatic heterocycles. The summed E-state index contributed by atoms with van der Waals surface area (Å²) in [6, 6.07) is 0. The molecule has 1 unspecified atom stereocenters. The Morgan fingerprint density at radius 3 is 3.00 bits per heavy atom. The number of nitrogens with one attached hydrogen (secondary N) is 1. The molecule has 8 nitrogen and oxygen atoms in total. The standard InChI is InChI=1S/C15H22N6O2/c1-4-21-10-16-7-13(21)8-20-6-5-15(9-20,18-12(3)22)14-17-11(2)19-23-14/h7,10H,4-6,8-9H2,1-3H3,(H,18,22). The van der Waals surface area contributed by atoms with E-state index in [0.717, 1.165) is 31.7 Å². The van der Waals surface area contributed by atoms with Crippen LogP contribution in [0.2, 0.25) is 0 Å². The molecule has 2 aromatic rings. The number of nitrogens with zero attached hydrogens (tertiary/aromatic N) is 5. The molecule has 0 bridgehead atoms. The van der Waals surface area contributed by atoms with E-state index >= 15 is 0 Å². The number of amides is 1. The topological polar surface area (TPSA) is 89.1 Å². The van der Waals surface area contributed by atoms with Crippen molar-refractivity contribution in [1.29, 1.82) is 0 Å². The van der Waals surface area contributed by atoms with E-state index < -0.39 is 5.54 Å². The second-order valence-electron chi connectivity index (χ2n) is 6.04. The van der Waals surface area contributed by atoms with Gasteiger partial charge in [-0.05, 0) is 20.3 Å². The van der Waals surface area contributed by atoms with E-state index in [1.807, 2.05) is 12.5 Å². The maximum atomic E-state index is 11.7. The summed E-state index contributed by atoms with van der Waals surface area (Å²) in [5, 5.41) is 6.90. The van der Waals surface area contributed by atoms with Crippen molar-refractivity contribution in [3.05, 3.63) is 29.9 Å². The van der Waals surface area contributed by atoms with Crippen molar-refractivity contribution < 1.29 is 9.32 Å². The van der Waals surface area contributed by atoms with Gasteiger partial charge in [-0.1, -0.05) is 5.16 Å². The van der Waals surface area contributed by atoms with Gasteiger partial charge in [-0.3, -0.25) is 9.69 Å². The van der Waals surface area contributed by atoms with Crippen LogP contribution in [-0.4, -0.2) is 43.6 Å². The smallest absolute Gasteiger partial charge is 0.253 e. The van der Waals surface area contributed by atoms with Gasteiger partial charge >= 0.3 is 0 Å². The SMILES string of the molecule is CCn1cncc1CN1CCC(NC(C)=O)(c2nc(C)no2)C1. The summed E-state index contributed by atoms with van der Waals surface area (Å²) in [5.41, 5.74) is 0.553. The molecule has 1 fully saturated rings. The maximum absolute atomic E-state index is 11.7. The van der Waals surface area contributed by atoms with Gasteiger partial charge in [-0.15, -0.1) is 0 Å². The number of likely N-dealkylation sites (tertiary alicyclic amines) is 1. The second-order valence-corrected chi connectivity index (χ2v) is 6.04. The van der Waals surface area contributed by atoms with Crippen molar-refractivity contribution in [2.75, 3.05) is 13.1 Å². The number of carbonyl (C=O) groups excluding carboxylic acids is 1. The highest BCUT2D eigenvalue weighted by molar-refractivity contribution is 5.74. The van der Waals surface area contributed by atoms with E-state index in [2.05, 4.69) is 36.8 Å². The van der Waals surface area contributed by atoms with Crippen LogP contribution in [0.3, 0.4) is 0 Å². The minimum Gasteiger partial charge on any atom is -0.341 e. The number of carbonyl (C=O) groups is 1. The van der Waals surface area contributed by atoms with Crippen LogP contribution >= 0.6 is 0 Å². The van der Waals surface area contributed by atoms with E-state index in [0.29, 0.717) is 18.3 Å². The molecule has 1 amide bonds. The lowest BCUT2D eigenvalue weighted by molar-refractivity contribution is -0.121. The zero-order chi connectivity index (χ0) is 16.4. The number of hydrogen-bond donors (Lipinski definition) is 1. The van der Waals surface area contributed by atoms with E-state index in [9.17, 15) is 4.79 Å². The van der Waals surface area contributed by atoms with Gasteiger partial charge in [0.1, 0.15) is 5.54 Å². The number of hydrogen-bond acceptors (Lipinski definition) is 6. The van der Waals surface area contributed by atoms with Crippen molar-refractivity contribution in [3.8, 4) is 0 Å². The molecule has 0 aromatic carbocycles. The van der Waals surface area contributed by atoms with E-state index in [4.69, 9.17) is 4.52 Å². The van der Waals surface area contributed by atoms with Crippen LogP contribution in [0, 0.1) is 6.92 Å². The fourth-order valence-electron chi connectivity index (χ4n) is 3.18. The minimum atomic E-state index is -0.607. The first-order valence-corrected chi connectivity index (χ1v) is 7.83. The fourth-order valence-corrected chi connectivity index (χ4v) is 3.18. The molecule has 3 rings (SSSR count). The van der Waals surface area contributed by atoms with Crippen molar-refractivity contribution in [2.24, 2.45) is 0 Å². The van der Waals surface area contributed by atoms with Gasteiger partial charge in [0.2, 0.25) is 5.91 Å². The lowest BCUT2D eigenvalue weighted by Gasteiger charge is -2.26. The summed E-state index contributed by atoms with van der Waals surface area (Å²) in [5.74, 6) is 0.963. The third-order valence-electron chi connectivity index (χ3n) is 4.23. The lowest BCUT2D eigenvalue weighted by atomic mass is 9.98. The Hall–Kier alpha value is -2.22. The summed E-state index contributed by atoms with van der Waals surface area (Å²) in [6.45, 7) is 8.55. The van der Waals surface area contributed by atoms with Gasteiger partial charge in [0, 0.05) is 39.3 Å². The largest absolute Gasteiger partial charge is 0.341 e. The van der Waals surface area contributed by atoms with Gasteiger partial charge in [0.15, 0.2) is 5.82 Å². The normalized spacial score (nSPS) is 21.7. The van der Waals surface area contributed by atoms with Crippen molar-refractivity contribution >= 4 is 5.91 Å². The average molecular weight is 318 g/mol. The Morgan fingerprint density at radius 1 is 1.52 bits per heavy atom. The molecule has 0 radical (unpaired) electrons. The fraction of sp³-hybridized carbons (Fsp3) is 0.600. The highest BCUT2D eigenvalue weighted by Gasteiger charge is 2.45. The van der Waals surface area contributed by atoms with Crippen LogP contribution in [0.1, 0.15) is 37.7 Å². The Kier molecular flexibility index (Phi) is 4.16. The third kappa shape index (κ3) is 3.12. The molecule has 124 valence electrons. The average Bonchev–Trinajstić information content (AvgIpc) is 3.20. The molecule has 1 aliphatic rings. The van der Waals surface area contributed by atoms with Crippen molar-refractivity contribution in [2.45, 2.75) is 45.8 Å². The highest BCUT2D eigenvalue weighted by atomic mass is 16.5. The first-order chi connectivity index (χ1) is 11.0. The molecule has 1 atom stereocenters. The van der Waals surface area contributed by atoms with E-state index in [1.165, 1.54) is 6.92 Å². The number of aryl methyl sites for hydroxylation is 2. The van der Waals surface area contributed by atoms with Crippen LogP contribution in [0.5, 0.6) is 0 Å².